The molecular weight excluding hydrogens is 228 g/mol. The van der Waals surface area contributed by atoms with E-state index in [1.54, 1.807) is 6.26 Å². The maximum Gasteiger partial charge on any atom is 0.289 e. The number of carbonyl (C=O) groups excluding carboxylic acids is 1. The zero-order chi connectivity index (χ0) is 13.0. The number of nitrogens with zero attached hydrogens (tertiary/aromatic N) is 1. The average Bonchev–Trinajstić information content (AvgIpc) is 2.82. The molecule has 0 aliphatic carbocycles. The maximum atomic E-state index is 12.2. The van der Waals surface area contributed by atoms with Gasteiger partial charge in [0.25, 0.3) is 5.91 Å². The summed E-state index contributed by atoms with van der Waals surface area (Å²) in [7, 11) is 0. The molecule has 1 aromatic heterocycles. The number of likely N-dealkylation sites (tertiary alicyclic amines) is 1. The molecule has 0 saturated carbocycles. The highest BCUT2D eigenvalue weighted by Crippen LogP contribution is 2.20. The number of nitrogens with one attached hydrogen (secondary N) is 1. The van der Waals surface area contributed by atoms with E-state index < -0.39 is 0 Å². The van der Waals surface area contributed by atoms with Crippen LogP contribution in [0.15, 0.2) is 16.7 Å². The standard InChI is InChI=1S/C14H22N2O2/c1-3-15-10-12-4-7-16(8-5-12)14(17)13-11(2)6-9-18-13/h6,9,12,15H,3-5,7-8,10H2,1-2H3. The van der Waals surface area contributed by atoms with E-state index in [1.807, 2.05) is 17.9 Å². The fraction of sp³-hybridized carbons (Fsp3) is 0.643. The van der Waals surface area contributed by atoms with Crippen molar-refractivity contribution >= 4 is 5.91 Å². The lowest BCUT2D eigenvalue weighted by atomic mass is 9.96. The number of amides is 1. The van der Waals surface area contributed by atoms with Crippen LogP contribution in [0.1, 0.15) is 35.9 Å². The van der Waals surface area contributed by atoms with E-state index in [9.17, 15) is 4.79 Å². The Kier molecular flexibility index (Phi) is 4.42. The Morgan fingerprint density at radius 1 is 1.50 bits per heavy atom. The van der Waals surface area contributed by atoms with Gasteiger partial charge in [0.1, 0.15) is 0 Å². The largest absolute Gasteiger partial charge is 0.459 e. The second kappa shape index (κ2) is 6.05. The molecule has 2 heterocycles. The quantitative estimate of drug-likeness (QED) is 0.889. The second-order valence-electron chi connectivity index (χ2n) is 4.98. The zero-order valence-corrected chi connectivity index (χ0v) is 11.2. The van der Waals surface area contributed by atoms with Crippen LogP contribution < -0.4 is 5.32 Å². The number of aryl methyl sites for hydroxylation is 1. The molecular formula is C14H22N2O2. The van der Waals surface area contributed by atoms with Crippen molar-refractivity contribution in [3.63, 3.8) is 0 Å². The highest BCUT2D eigenvalue weighted by molar-refractivity contribution is 5.92. The summed E-state index contributed by atoms with van der Waals surface area (Å²) in [6, 6.07) is 1.84. The van der Waals surface area contributed by atoms with Gasteiger partial charge in [0.15, 0.2) is 5.76 Å². The Morgan fingerprint density at radius 3 is 2.78 bits per heavy atom. The molecule has 18 heavy (non-hydrogen) atoms. The van der Waals surface area contributed by atoms with E-state index in [4.69, 9.17) is 4.42 Å². The minimum absolute atomic E-state index is 0.0411. The van der Waals surface area contributed by atoms with Crippen molar-refractivity contribution < 1.29 is 9.21 Å². The van der Waals surface area contributed by atoms with Crippen LogP contribution >= 0.6 is 0 Å². The SMILES string of the molecule is CCNCC1CCN(C(=O)c2occc2C)CC1. The minimum atomic E-state index is 0.0411. The number of hydrogen-bond donors (Lipinski definition) is 1. The molecule has 0 aromatic carbocycles. The van der Waals surface area contributed by atoms with Crippen LogP contribution in [0.5, 0.6) is 0 Å². The van der Waals surface area contributed by atoms with Crippen molar-refractivity contribution in [1.82, 2.24) is 10.2 Å². The number of rotatable bonds is 4. The summed E-state index contributed by atoms with van der Waals surface area (Å²) < 4.78 is 5.27. The van der Waals surface area contributed by atoms with Crippen molar-refractivity contribution in [2.75, 3.05) is 26.2 Å². The van der Waals surface area contributed by atoms with Crippen LogP contribution in [0.3, 0.4) is 0 Å². The van der Waals surface area contributed by atoms with Gasteiger partial charge in [-0.25, -0.2) is 0 Å². The smallest absolute Gasteiger partial charge is 0.289 e. The molecule has 1 aromatic rings. The van der Waals surface area contributed by atoms with Gasteiger partial charge in [-0.15, -0.1) is 0 Å². The Labute approximate surface area is 108 Å². The van der Waals surface area contributed by atoms with Gasteiger partial charge >= 0.3 is 0 Å². The van der Waals surface area contributed by atoms with Gasteiger partial charge in [-0.05, 0) is 44.8 Å². The number of hydrogen-bond acceptors (Lipinski definition) is 3. The van der Waals surface area contributed by atoms with Gasteiger partial charge in [-0.2, -0.15) is 0 Å². The summed E-state index contributed by atoms with van der Waals surface area (Å²) in [4.78, 5) is 14.1. The molecule has 0 atom stereocenters. The molecule has 4 heteroatoms. The normalized spacial score (nSPS) is 17.1. The van der Waals surface area contributed by atoms with Gasteiger partial charge < -0.3 is 14.6 Å². The van der Waals surface area contributed by atoms with E-state index in [0.29, 0.717) is 11.7 Å². The first-order valence-corrected chi connectivity index (χ1v) is 6.76. The van der Waals surface area contributed by atoms with E-state index in [0.717, 1.165) is 44.6 Å². The van der Waals surface area contributed by atoms with Crippen molar-refractivity contribution in [1.29, 1.82) is 0 Å². The molecule has 100 valence electrons. The van der Waals surface area contributed by atoms with Gasteiger partial charge in [-0.3, -0.25) is 4.79 Å². The molecule has 1 N–H and O–H groups in total. The van der Waals surface area contributed by atoms with Crippen LogP contribution in [-0.2, 0) is 0 Å². The van der Waals surface area contributed by atoms with Crippen LogP contribution in [-0.4, -0.2) is 37.0 Å². The van der Waals surface area contributed by atoms with Crippen LogP contribution in [0.2, 0.25) is 0 Å². The summed E-state index contributed by atoms with van der Waals surface area (Å²) in [5.41, 5.74) is 0.926. The third kappa shape index (κ3) is 2.93. The van der Waals surface area contributed by atoms with Gasteiger partial charge in [0.2, 0.25) is 0 Å². The monoisotopic (exact) mass is 250 g/mol. The predicted molar refractivity (Wildman–Crippen MR) is 70.6 cm³/mol. The average molecular weight is 250 g/mol. The summed E-state index contributed by atoms with van der Waals surface area (Å²) in [6.07, 6.45) is 3.75. The fourth-order valence-electron chi connectivity index (χ4n) is 2.42. The lowest BCUT2D eigenvalue weighted by Crippen LogP contribution is -2.40. The van der Waals surface area contributed by atoms with Crippen molar-refractivity contribution in [3.8, 4) is 0 Å². The maximum absolute atomic E-state index is 12.2. The van der Waals surface area contributed by atoms with E-state index in [2.05, 4.69) is 12.2 Å². The van der Waals surface area contributed by atoms with Gasteiger partial charge in [0.05, 0.1) is 6.26 Å². The summed E-state index contributed by atoms with van der Waals surface area (Å²) in [5.74, 6) is 1.24. The summed E-state index contributed by atoms with van der Waals surface area (Å²) in [5, 5.41) is 3.38. The van der Waals surface area contributed by atoms with E-state index in [1.165, 1.54) is 0 Å². The van der Waals surface area contributed by atoms with Gasteiger partial charge in [-0.1, -0.05) is 6.92 Å². The number of carbonyl (C=O) groups is 1. The van der Waals surface area contributed by atoms with Crippen molar-refractivity contribution in [2.45, 2.75) is 26.7 Å². The summed E-state index contributed by atoms with van der Waals surface area (Å²) >= 11 is 0. The van der Waals surface area contributed by atoms with Crippen LogP contribution in [0, 0.1) is 12.8 Å². The summed E-state index contributed by atoms with van der Waals surface area (Å²) in [6.45, 7) is 7.81. The Hall–Kier alpha value is -1.29. The first-order valence-electron chi connectivity index (χ1n) is 6.76. The lowest BCUT2D eigenvalue weighted by Gasteiger charge is -2.31. The molecule has 0 unspecified atom stereocenters. The fourth-order valence-corrected chi connectivity index (χ4v) is 2.42. The van der Waals surface area contributed by atoms with Crippen LogP contribution in [0.4, 0.5) is 0 Å². The topological polar surface area (TPSA) is 45.5 Å². The van der Waals surface area contributed by atoms with Crippen molar-refractivity contribution in [2.24, 2.45) is 5.92 Å². The Bertz CT molecular complexity index is 392. The Morgan fingerprint density at radius 2 is 2.22 bits per heavy atom. The molecule has 1 amide bonds. The van der Waals surface area contributed by atoms with E-state index in [-0.39, 0.29) is 5.91 Å². The molecule has 0 bridgehead atoms. The zero-order valence-electron chi connectivity index (χ0n) is 11.2. The molecule has 1 aliphatic rings. The number of furan rings is 1. The Balaban J connectivity index is 1.86. The molecule has 0 radical (unpaired) electrons. The molecule has 1 saturated heterocycles. The van der Waals surface area contributed by atoms with Crippen LogP contribution in [0.25, 0.3) is 0 Å². The second-order valence-corrected chi connectivity index (χ2v) is 4.98. The molecule has 2 rings (SSSR count). The third-order valence-corrected chi connectivity index (χ3v) is 3.64. The number of piperidine rings is 1. The minimum Gasteiger partial charge on any atom is -0.459 e. The lowest BCUT2D eigenvalue weighted by molar-refractivity contribution is 0.0657. The predicted octanol–water partition coefficient (Wildman–Crippen LogP) is 2.05. The highest BCUT2D eigenvalue weighted by Gasteiger charge is 2.25. The third-order valence-electron chi connectivity index (χ3n) is 3.64. The molecule has 1 aliphatic heterocycles. The molecule has 0 spiro atoms. The van der Waals surface area contributed by atoms with Crippen molar-refractivity contribution in [3.05, 3.63) is 23.7 Å². The first kappa shape index (κ1) is 13.1. The highest BCUT2D eigenvalue weighted by atomic mass is 16.3. The van der Waals surface area contributed by atoms with E-state index >= 15 is 0 Å². The van der Waals surface area contributed by atoms with Gasteiger partial charge in [0, 0.05) is 18.7 Å². The first-order chi connectivity index (χ1) is 8.72. The molecule has 1 fully saturated rings. The molecule has 4 nitrogen and oxygen atoms in total.